The molecule has 0 atom stereocenters. The van der Waals surface area contributed by atoms with Gasteiger partial charge in [-0.1, -0.05) is 12.1 Å². The van der Waals surface area contributed by atoms with Crippen LogP contribution < -0.4 is 16.6 Å². The standard InChI is InChI=1S/C25H28F2N4O4/c1-25(2,3)35-23(33)29-18-8-10-19(11-9-18)31-22(32)20-12-17(27)13-28-21(20)30(24(31)34)14-15-4-6-16(26)7-5-15/h4-7,12-13,18-19H,8-11,14H2,1-3H3,(H,29,33)/t18-,19+. The first-order valence-electron chi connectivity index (χ1n) is 11.6. The number of aromatic nitrogens is 3. The van der Waals surface area contributed by atoms with Crippen molar-refractivity contribution >= 4 is 17.1 Å². The second-order valence-electron chi connectivity index (χ2n) is 9.85. The molecule has 2 aromatic heterocycles. The minimum absolute atomic E-state index is 0.000662. The molecule has 1 N–H and O–H groups in total. The van der Waals surface area contributed by atoms with Gasteiger partial charge in [0.1, 0.15) is 22.9 Å². The molecule has 0 radical (unpaired) electrons. The third-order valence-corrected chi connectivity index (χ3v) is 6.01. The van der Waals surface area contributed by atoms with Gasteiger partial charge in [0.15, 0.2) is 0 Å². The predicted molar refractivity (Wildman–Crippen MR) is 126 cm³/mol. The highest BCUT2D eigenvalue weighted by molar-refractivity contribution is 5.73. The molecular formula is C25H28F2N4O4. The van der Waals surface area contributed by atoms with E-state index in [9.17, 15) is 23.2 Å². The molecule has 0 bridgehead atoms. The van der Waals surface area contributed by atoms with Gasteiger partial charge in [0.05, 0.1) is 18.1 Å². The Labute approximate surface area is 200 Å². The average molecular weight is 487 g/mol. The van der Waals surface area contributed by atoms with Crippen LogP contribution in [-0.4, -0.2) is 31.9 Å². The number of nitrogens with one attached hydrogen (secondary N) is 1. The summed E-state index contributed by atoms with van der Waals surface area (Å²) in [4.78, 5) is 42.9. The Morgan fingerprint density at radius 2 is 1.74 bits per heavy atom. The zero-order valence-electron chi connectivity index (χ0n) is 19.9. The molecule has 0 aliphatic heterocycles. The number of hydrogen-bond donors (Lipinski definition) is 1. The zero-order valence-corrected chi connectivity index (χ0v) is 19.9. The van der Waals surface area contributed by atoms with Gasteiger partial charge < -0.3 is 10.1 Å². The second-order valence-corrected chi connectivity index (χ2v) is 9.85. The number of alkyl carbamates (subject to hydrolysis) is 1. The number of halogens is 2. The van der Waals surface area contributed by atoms with E-state index in [1.165, 1.54) is 16.7 Å². The molecular weight excluding hydrogens is 458 g/mol. The fourth-order valence-electron chi connectivity index (χ4n) is 4.43. The van der Waals surface area contributed by atoms with E-state index in [1.54, 1.807) is 32.9 Å². The predicted octanol–water partition coefficient (Wildman–Crippen LogP) is 3.89. The van der Waals surface area contributed by atoms with Crippen LogP contribution in [0.4, 0.5) is 13.6 Å². The van der Waals surface area contributed by atoms with Crippen molar-refractivity contribution in [3.05, 3.63) is 74.6 Å². The lowest BCUT2D eigenvalue weighted by Gasteiger charge is -2.31. The molecule has 1 aromatic carbocycles. The molecule has 0 unspecified atom stereocenters. The molecule has 2 heterocycles. The minimum Gasteiger partial charge on any atom is -0.444 e. The summed E-state index contributed by atoms with van der Waals surface area (Å²) >= 11 is 0. The zero-order chi connectivity index (χ0) is 25.3. The molecule has 1 fully saturated rings. The average Bonchev–Trinajstić information content (AvgIpc) is 2.78. The summed E-state index contributed by atoms with van der Waals surface area (Å²) in [5.74, 6) is -1.09. The fraction of sp³-hybridized carbons (Fsp3) is 0.440. The summed E-state index contributed by atoms with van der Waals surface area (Å²) < 4.78 is 35.1. The van der Waals surface area contributed by atoms with Gasteiger partial charge in [-0.3, -0.25) is 13.9 Å². The van der Waals surface area contributed by atoms with Crippen LogP contribution in [0.1, 0.15) is 58.1 Å². The molecule has 186 valence electrons. The maximum Gasteiger partial charge on any atom is 0.407 e. The van der Waals surface area contributed by atoms with Crippen molar-refractivity contribution < 1.29 is 18.3 Å². The highest BCUT2D eigenvalue weighted by Gasteiger charge is 2.28. The van der Waals surface area contributed by atoms with Gasteiger partial charge in [-0.25, -0.2) is 23.4 Å². The number of rotatable bonds is 4. The Morgan fingerprint density at radius 1 is 1.09 bits per heavy atom. The molecule has 0 saturated heterocycles. The topological polar surface area (TPSA) is 95.2 Å². The maximum absolute atomic E-state index is 14.0. The number of benzene rings is 1. The molecule has 1 amide bonds. The van der Waals surface area contributed by atoms with Crippen molar-refractivity contribution in [2.45, 2.75) is 70.7 Å². The molecule has 1 aliphatic carbocycles. The summed E-state index contributed by atoms with van der Waals surface area (Å²) in [6.07, 6.45) is 2.49. The van der Waals surface area contributed by atoms with E-state index in [1.807, 2.05) is 0 Å². The van der Waals surface area contributed by atoms with E-state index >= 15 is 0 Å². The van der Waals surface area contributed by atoms with Gasteiger partial charge in [-0.2, -0.15) is 0 Å². The van der Waals surface area contributed by atoms with E-state index < -0.39 is 40.6 Å². The lowest BCUT2D eigenvalue weighted by Crippen LogP contribution is -2.46. The summed E-state index contributed by atoms with van der Waals surface area (Å²) in [6.45, 7) is 5.39. The SMILES string of the molecule is CC(C)(C)OC(=O)N[C@H]1CC[C@@H](n2c(=O)c3cc(F)cnc3n(Cc3ccc(F)cc3)c2=O)CC1. The third kappa shape index (κ3) is 5.58. The van der Waals surface area contributed by atoms with Crippen molar-refractivity contribution in [3.63, 3.8) is 0 Å². The molecule has 0 spiro atoms. The number of carbonyl (C=O) groups excluding carboxylic acids is 1. The van der Waals surface area contributed by atoms with Crippen LogP contribution in [-0.2, 0) is 11.3 Å². The minimum atomic E-state index is -0.682. The largest absolute Gasteiger partial charge is 0.444 e. The number of pyridine rings is 1. The van der Waals surface area contributed by atoms with E-state index in [0.29, 0.717) is 31.2 Å². The van der Waals surface area contributed by atoms with Crippen molar-refractivity contribution in [2.75, 3.05) is 0 Å². The second kappa shape index (κ2) is 9.59. The maximum atomic E-state index is 14.0. The molecule has 1 aliphatic rings. The van der Waals surface area contributed by atoms with Crippen molar-refractivity contribution in [1.29, 1.82) is 0 Å². The summed E-state index contributed by atoms with van der Waals surface area (Å²) in [7, 11) is 0. The Hall–Kier alpha value is -3.56. The molecule has 1 saturated carbocycles. The van der Waals surface area contributed by atoms with Crippen LogP contribution in [0.5, 0.6) is 0 Å². The van der Waals surface area contributed by atoms with E-state index in [4.69, 9.17) is 4.74 Å². The Morgan fingerprint density at radius 3 is 2.37 bits per heavy atom. The number of hydrogen-bond acceptors (Lipinski definition) is 5. The number of amides is 1. The van der Waals surface area contributed by atoms with E-state index in [2.05, 4.69) is 10.3 Å². The molecule has 35 heavy (non-hydrogen) atoms. The quantitative estimate of drug-likeness (QED) is 0.604. The fourth-order valence-corrected chi connectivity index (χ4v) is 4.43. The van der Waals surface area contributed by atoms with Gasteiger partial charge in [0.25, 0.3) is 5.56 Å². The Kier molecular flexibility index (Phi) is 6.73. The normalized spacial score (nSPS) is 18.4. The molecule has 3 aromatic rings. The van der Waals surface area contributed by atoms with E-state index in [-0.39, 0.29) is 23.6 Å². The lowest BCUT2D eigenvalue weighted by molar-refractivity contribution is 0.0487. The van der Waals surface area contributed by atoms with Crippen LogP contribution in [0.15, 0.2) is 46.1 Å². The van der Waals surface area contributed by atoms with Crippen molar-refractivity contribution in [1.82, 2.24) is 19.4 Å². The highest BCUT2D eigenvalue weighted by Crippen LogP contribution is 2.27. The van der Waals surface area contributed by atoms with Gasteiger partial charge in [-0.05, 0) is 70.2 Å². The van der Waals surface area contributed by atoms with E-state index in [0.717, 1.165) is 16.8 Å². The Bertz CT molecular complexity index is 1350. The number of carbonyl (C=O) groups is 1. The number of nitrogens with zero attached hydrogens (tertiary/aromatic N) is 3. The first-order chi connectivity index (χ1) is 16.5. The third-order valence-electron chi connectivity index (χ3n) is 6.01. The first kappa shape index (κ1) is 24.6. The molecule has 4 rings (SSSR count). The smallest absolute Gasteiger partial charge is 0.407 e. The van der Waals surface area contributed by atoms with Gasteiger partial charge in [0.2, 0.25) is 0 Å². The number of ether oxygens (including phenoxy) is 1. The van der Waals surface area contributed by atoms with Crippen molar-refractivity contribution in [3.8, 4) is 0 Å². The van der Waals surface area contributed by atoms with Crippen LogP contribution >= 0.6 is 0 Å². The van der Waals surface area contributed by atoms with Crippen LogP contribution in [0.25, 0.3) is 11.0 Å². The van der Waals surface area contributed by atoms with Crippen LogP contribution in [0.2, 0.25) is 0 Å². The monoisotopic (exact) mass is 486 g/mol. The summed E-state index contributed by atoms with van der Waals surface area (Å²) in [5.41, 5.74) is -1.07. The van der Waals surface area contributed by atoms with Gasteiger partial charge in [-0.15, -0.1) is 0 Å². The Balaban J connectivity index is 1.64. The van der Waals surface area contributed by atoms with Gasteiger partial charge >= 0.3 is 11.8 Å². The lowest BCUT2D eigenvalue weighted by atomic mass is 9.91. The first-order valence-corrected chi connectivity index (χ1v) is 11.6. The molecule has 8 nitrogen and oxygen atoms in total. The van der Waals surface area contributed by atoms with Crippen LogP contribution in [0, 0.1) is 11.6 Å². The number of fused-ring (bicyclic) bond motifs is 1. The summed E-state index contributed by atoms with van der Waals surface area (Å²) in [6, 6.07) is 6.17. The van der Waals surface area contributed by atoms with Crippen molar-refractivity contribution in [2.24, 2.45) is 0 Å². The summed E-state index contributed by atoms with van der Waals surface area (Å²) in [5, 5.41) is 2.84. The molecule has 10 heteroatoms. The van der Waals surface area contributed by atoms with Gasteiger partial charge in [0, 0.05) is 12.1 Å². The highest BCUT2D eigenvalue weighted by atomic mass is 19.1. The van der Waals surface area contributed by atoms with Crippen LogP contribution in [0.3, 0.4) is 0 Å².